The van der Waals surface area contributed by atoms with Crippen molar-refractivity contribution >= 4 is 17.5 Å². The van der Waals surface area contributed by atoms with Crippen LogP contribution in [-0.2, 0) is 4.79 Å². The van der Waals surface area contributed by atoms with Gasteiger partial charge in [0.1, 0.15) is 5.75 Å². The fraction of sp³-hybridized carbons (Fsp3) is 0.462. The molecule has 2 unspecified atom stereocenters. The van der Waals surface area contributed by atoms with E-state index in [0.29, 0.717) is 17.2 Å². The molecule has 0 heterocycles. The Bertz CT molecular complexity index is 378. The molecule has 18 heavy (non-hydrogen) atoms. The number of benzene rings is 1. The molecule has 4 nitrogen and oxygen atoms in total. The van der Waals surface area contributed by atoms with E-state index in [1.54, 1.807) is 31.2 Å². The summed E-state index contributed by atoms with van der Waals surface area (Å²) in [6.07, 6.45) is 0.0876. The molecule has 2 N–H and O–H groups in total. The second-order valence-corrected chi connectivity index (χ2v) is 4.73. The van der Waals surface area contributed by atoms with Crippen molar-refractivity contribution in [1.82, 2.24) is 5.32 Å². The van der Waals surface area contributed by atoms with Gasteiger partial charge in [-0.25, -0.2) is 0 Å². The molecule has 2 atom stereocenters. The summed E-state index contributed by atoms with van der Waals surface area (Å²) in [6.45, 7) is 3.48. The quantitative estimate of drug-likeness (QED) is 0.832. The van der Waals surface area contributed by atoms with E-state index < -0.39 is 6.10 Å². The molecule has 0 aromatic heterocycles. The standard InChI is InChI=1S/C13H18ClNO3/c1-9(7-10(2)16)15-13(17)8-18-12-5-3-11(14)4-6-12/h3-6,9-10,16H,7-8H2,1-2H3,(H,15,17). The Hall–Kier alpha value is -1.26. The van der Waals surface area contributed by atoms with Crippen molar-refractivity contribution in [3.8, 4) is 5.75 Å². The first-order chi connectivity index (χ1) is 8.47. The maximum Gasteiger partial charge on any atom is 0.258 e. The fourth-order valence-corrected chi connectivity index (χ4v) is 1.69. The second-order valence-electron chi connectivity index (χ2n) is 4.30. The first kappa shape index (κ1) is 14.8. The molecular formula is C13H18ClNO3. The van der Waals surface area contributed by atoms with E-state index in [1.165, 1.54) is 0 Å². The lowest BCUT2D eigenvalue weighted by molar-refractivity contribution is -0.123. The van der Waals surface area contributed by atoms with E-state index in [9.17, 15) is 9.90 Å². The van der Waals surface area contributed by atoms with Gasteiger partial charge in [0, 0.05) is 11.1 Å². The van der Waals surface area contributed by atoms with Gasteiger partial charge in [0.25, 0.3) is 5.91 Å². The molecule has 0 aliphatic heterocycles. The first-order valence-corrected chi connectivity index (χ1v) is 6.21. The Labute approximate surface area is 112 Å². The van der Waals surface area contributed by atoms with Crippen molar-refractivity contribution < 1.29 is 14.6 Å². The minimum Gasteiger partial charge on any atom is -0.484 e. The first-order valence-electron chi connectivity index (χ1n) is 5.83. The molecule has 1 aromatic carbocycles. The van der Waals surface area contributed by atoms with Gasteiger partial charge >= 0.3 is 0 Å². The molecule has 0 fully saturated rings. The van der Waals surface area contributed by atoms with Crippen molar-refractivity contribution in [2.45, 2.75) is 32.4 Å². The van der Waals surface area contributed by atoms with Crippen LogP contribution in [0.15, 0.2) is 24.3 Å². The fourth-order valence-electron chi connectivity index (χ4n) is 1.57. The number of halogens is 1. The summed E-state index contributed by atoms with van der Waals surface area (Å²) in [7, 11) is 0. The Balaban J connectivity index is 2.30. The molecule has 0 aliphatic carbocycles. The SMILES string of the molecule is CC(O)CC(C)NC(=O)COc1ccc(Cl)cc1. The number of ether oxygens (including phenoxy) is 1. The van der Waals surface area contributed by atoms with E-state index in [4.69, 9.17) is 16.3 Å². The Morgan fingerprint density at radius 3 is 2.56 bits per heavy atom. The van der Waals surface area contributed by atoms with Crippen molar-refractivity contribution in [2.75, 3.05) is 6.61 Å². The van der Waals surface area contributed by atoms with Gasteiger partial charge in [-0.1, -0.05) is 11.6 Å². The molecule has 0 aliphatic rings. The Morgan fingerprint density at radius 1 is 1.39 bits per heavy atom. The van der Waals surface area contributed by atoms with Gasteiger partial charge in [-0.2, -0.15) is 0 Å². The highest BCUT2D eigenvalue weighted by Crippen LogP contribution is 2.15. The van der Waals surface area contributed by atoms with E-state index in [0.717, 1.165) is 0 Å². The smallest absolute Gasteiger partial charge is 0.258 e. The average Bonchev–Trinajstić information content (AvgIpc) is 2.27. The van der Waals surface area contributed by atoms with Crippen LogP contribution in [0.1, 0.15) is 20.3 Å². The average molecular weight is 272 g/mol. The Morgan fingerprint density at radius 2 is 2.00 bits per heavy atom. The second kappa shape index (κ2) is 7.24. The van der Waals surface area contributed by atoms with Gasteiger partial charge in [0.05, 0.1) is 6.10 Å². The van der Waals surface area contributed by atoms with Crippen molar-refractivity contribution in [1.29, 1.82) is 0 Å². The number of aliphatic hydroxyl groups is 1. The number of nitrogens with one attached hydrogen (secondary N) is 1. The molecule has 0 bridgehead atoms. The minimum atomic E-state index is -0.433. The zero-order chi connectivity index (χ0) is 13.5. The van der Waals surface area contributed by atoms with E-state index >= 15 is 0 Å². The van der Waals surface area contributed by atoms with Crippen molar-refractivity contribution in [2.24, 2.45) is 0 Å². The van der Waals surface area contributed by atoms with Crippen molar-refractivity contribution in [3.05, 3.63) is 29.3 Å². The maximum absolute atomic E-state index is 11.5. The van der Waals surface area contributed by atoms with Crippen LogP contribution in [0.3, 0.4) is 0 Å². The van der Waals surface area contributed by atoms with Gasteiger partial charge < -0.3 is 15.2 Å². The predicted molar refractivity (Wildman–Crippen MR) is 70.8 cm³/mol. The molecule has 0 spiro atoms. The lowest BCUT2D eigenvalue weighted by atomic mass is 10.1. The van der Waals surface area contributed by atoms with Gasteiger partial charge in [0.2, 0.25) is 0 Å². The molecule has 0 saturated heterocycles. The molecule has 100 valence electrons. The lowest BCUT2D eigenvalue weighted by Gasteiger charge is -2.15. The van der Waals surface area contributed by atoms with E-state index in [-0.39, 0.29) is 18.6 Å². The summed E-state index contributed by atoms with van der Waals surface area (Å²) in [5, 5.41) is 12.5. The number of carbonyl (C=O) groups is 1. The third-order valence-electron chi connectivity index (χ3n) is 2.29. The van der Waals surface area contributed by atoms with Crippen LogP contribution in [0.5, 0.6) is 5.75 Å². The van der Waals surface area contributed by atoms with Crippen LogP contribution in [0.25, 0.3) is 0 Å². The zero-order valence-corrected chi connectivity index (χ0v) is 11.3. The molecule has 1 amide bonds. The molecular weight excluding hydrogens is 254 g/mol. The molecule has 1 rings (SSSR count). The highest BCUT2D eigenvalue weighted by molar-refractivity contribution is 6.30. The third kappa shape index (κ3) is 5.89. The zero-order valence-electron chi connectivity index (χ0n) is 10.5. The Kier molecular flexibility index (Phi) is 5.95. The van der Waals surface area contributed by atoms with Crippen LogP contribution in [0.4, 0.5) is 0 Å². The predicted octanol–water partition coefficient (Wildman–Crippen LogP) is 1.99. The maximum atomic E-state index is 11.5. The topological polar surface area (TPSA) is 58.6 Å². The number of hydrogen-bond donors (Lipinski definition) is 2. The van der Waals surface area contributed by atoms with Crippen molar-refractivity contribution in [3.63, 3.8) is 0 Å². The van der Waals surface area contributed by atoms with Crippen LogP contribution in [0.2, 0.25) is 5.02 Å². The van der Waals surface area contributed by atoms with Gasteiger partial charge in [-0.3, -0.25) is 4.79 Å². The monoisotopic (exact) mass is 271 g/mol. The van der Waals surface area contributed by atoms with Gasteiger partial charge in [-0.05, 0) is 44.5 Å². The molecule has 0 radical (unpaired) electrons. The highest BCUT2D eigenvalue weighted by atomic mass is 35.5. The summed E-state index contributed by atoms with van der Waals surface area (Å²) >= 11 is 5.73. The lowest BCUT2D eigenvalue weighted by Crippen LogP contribution is -2.37. The molecule has 5 heteroatoms. The number of carbonyl (C=O) groups excluding carboxylic acids is 1. The summed E-state index contributed by atoms with van der Waals surface area (Å²) < 4.78 is 5.30. The van der Waals surface area contributed by atoms with Gasteiger partial charge in [0.15, 0.2) is 6.61 Å². The van der Waals surface area contributed by atoms with Gasteiger partial charge in [-0.15, -0.1) is 0 Å². The number of aliphatic hydroxyl groups excluding tert-OH is 1. The van der Waals surface area contributed by atoms with Crippen LogP contribution >= 0.6 is 11.6 Å². The largest absolute Gasteiger partial charge is 0.484 e. The number of rotatable bonds is 6. The molecule has 1 aromatic rings. The van der Waals surface area contributed by atoms with E-state index in [2.05, 4.69) is 5.32 Å². The minimum absolute atomic E-state index is 0.0498. The summed E-state index contributed by atoms with van der Waals surface area (Å²) in [5.41, 5.74) is 0. The third-order valence-corrected chi connectivity index (χ3v) is 2.54. The highest BCUT2D eigenvalue weighted by Gasteiger charge is 2.10. The summed E-state index contributed by atoms with van der Waals surface area (Å²) in [4.78, 5) is 11.5. The normalized spacial score (nSPS) is 13.8. The van der Waals surface area contributed by atoms with Crippen LogP contribution in [-0.4, -0.2) is 29.8 Å². The summed E-state index contributed by atoms with van der Waals surface area (Å²) in [5.74, 6) is 0.385. The van der Waals surface area contributed by atoms with Crippen LogP contribution in [0, 0.1) is 0 Å². The summed E-state index contributed by atoms with van der Waals surface area (Å²) in [6, 6.07) is 6.73. The molecule has 0 saturated carbocycles. The van der Waals surface area contributed by atoms with Crippen LogP contribution < -0.4 is 10.1 Å². The number of amides is 1. The van der Waals surface area contributed by atoms with E-state index in [1.807, 2.05) is 6.92 Å². The number of hydrogen-bond acceptors (Lipinski definition) is 3.